The molecule has 0 amide bonds. The Morgan fingerprint density at radius 2 is 1.29 bits per heavy atom. The lowest BCUT2D eigenvalue weighted by Gasteiger charge is -2.04. The van der Waals surface area contributed by atoms with E-state index < -0.39 is 0 Å². The summed E-state index contributed by atoms with van der Waals surface area (Å²) in [4.78, 5) is 0. The molecule has 1 nitrogen and oxygen atoms in total. The predicted octanol–water partition coefficient (Wildman–Crippen LogP) is 4.51. The van der Waals surface area contributed by atoms with Crippen LogP contribution in [-0.2, 0) is 0 Å². The van der Waals surface area contributed by atoms with Gasteiger partial charge in [0.05, 0.1) is 5.57 Å². The normalized spacial score (nSPS) is 11.5. The average molecular weight is 331 g/mol. The van der Waals surface area contributed by atoms with Crippen molar-refractivity contribution in [1.29, 1.82) is 5.26 Å². The molecule has 0 aliphatic carbocycles. The van der Waals surface area contributed by atoms with E-state index in [9.17, 15) is 5.26 Å². The average Bonchev–Trinajstić information content (AvgIpc) is 2.42. The van der Waals surface area contributed by atoms with Crippen LogP contribution < -0.4 is 0 Å². The van der Waals surface area contributed by atoms with Gasteiger partial charge in [-0.2, -0.15) is 5.26 Å². The zero-order valence-corrected chi connectivity index (χ0v) is 11.3. The molecular formula is C15H10IN. The Morgan fingerprint density at radius 1 is 0.824 bits per heavy atom. The first-order chi connectivity index (χ1) is 8.33. The maximum atomic E-state index is 9.30. The molecule has 0 spiro atoms. The number of nitrogens with zero attached hydrogens (tertiary/aromatic N) is 1. The first-order valence-electron chi connectivity index (χ1n) is 5.23. The summed E-state index contributed by atoms with van der Waals surface area (Å²) in [6.45, 7) is 0. The molecule has 82 valence electrons. The van der Waals surface area contributed by atoms with Gasteiger partial charge in [-0.15, -0.1) is 0 Å². The molecule has 0 bridgehead atoms. The van der Waals surface area contributed by atoms with Crippen molar-refractivity contribution in [3.8, 4) is 6.07 Å². The van der Waals surface area contributed by atoms with Crippen molar-refractivity contribution in [1.82, 2.24) is 0 Å². The van der Waals surface area contributed by atoms with Gasteiger partial charge in [-0.25, -0.2) is 0 Å². The SMILES string of the molecule is N#C/C(=C(/I)c1ccccc1)c1ccccc1. The quantitative estimate of drug-likeness (QED) is 0.451. The van der Waals surface area contributed by atoms with E-state index in [-0.39, 0.29) is 0 Å². The Labute approximate surface area is 115 Å². The molecule has 0 aliphatic rings. The van der Waals surface area contributed by atoms with Crippen LogP contribution in [0.1, 0.15) is 11.1 Å². The number of halogens is 1. The smallest absolute Gasteiger partial charge is 0.101 e. The third-order valence-corrected chi connectivity index (χ3v) is 3.58. The predicted molar refractivity (Wildman–Crippen MR) is 79.3 cm³/mol. The lowest BCUT2D eigenvalue weighted by molar-refractivity contribution is 1.52. The fraction of sp³-hybridized carbons (Fsp3) is 0. The van der Waals surface area contributed by atoms with E-state index in [1.165, 1.54) is 0 Å². The highest BCUT2D eigenvalue weighted by Crippen LogP contribution is 2.30. The van der Waals surface area contributed by atoms with Crippen molar-refractivity contribution in [2.45, 2.75) is 0 Å². The summed E-state index contributed by atoms with van der Waals surface area (Å²) in [5.41, 5.74) is 2.76. The lowest BCUT2D eigenvalue weighted by atomic mass is 10.0. The topological polar surface area (TPSA) is 23.8 Å². The first kappa shape index (κ1) is 11.9. The number of rotatable bonds is 2. The summed E-state index contributed by atoms with van der Waals surface area (Å²) in [7, 11) is 0. The van der Waals surface area contributed by atoms with E-state index >= 15 is 0 Å². The van der Waals surface area contributed by atoms with Crippen molar-refractivity contribution in [3.05, 3.63) is 71.8 Å². The van der Waals surface area contributed by atoms with Gasteiger partial charge in [-0.1, -0.05) is 60.7 Å². The van der Waals surface area contributed by atoms with Crippen LogP contribution in [0.25, 0.3) is 9.15 Å². The van der Waals surface area contributed by atoms with E-state index in [1.807, 2.05) is 60.7 Å². The first-order valence-corrected chi connectivity index (χ1v) is 6.31. The van der Waals surface area contributed by atoms with Gasteiger partial charge in [0.25, 0.3) is 0 Å². The second-order valence-electron chi connectivity index (χ2n) is 3.53. The van der Waals surface area contributed by atoms with Crippen molar-refractivity contribution >= 4 is 31.7 Å². The van der Waals surface area contributed by atoms with E-state index in [0.717, 1.165) is 20.3 Å². The minimum Gasteiger partial charge on any atom is -0.192 e. The standard InChI is InChI=1S/C15H10IN/c16-15(13-9-5-2-6-10-13)14(11-17)12-7-3-1-4-8-12/h1-10H/b15-14-. The zero-order chi connectivity index (χ0) is 12.1. The van der Waals surface area contributed by atoms with Crippen LogP contribution >= 0.6 is 22.6 Å². The highest BCUT2D eigenvalue weighted by atomic mass is 127. The summed E-state index contributed by atoms with van der Waals surface area (Å²) in [5.74, 6) is 0. The molecule has 0 saturated carbocycles. The number of nitriles is 1. The van der Waals surface area contributed by atoms with Crippen molar-refractivity contribution in [3.63, 3.8) is 0 Å². The molecule has 0 unspecified atom stereocenters. The molecule has 2 aromatic carbocycles. The molecule has 2 heteroatoms. The molecule has 17 heavy (non-hydrogen) atoms. The van der Waals surface area contributed by atoms with Crippen LogP contribution in [0.2, 0.25) is 0 Å². The molecule has 0 fully saturated rings. The van der Waals surface area contributed by atoms with Crippen LogP contribution in [0.3, 0.4) is 0 Å². The van der Waals surface area contributed by atoms with E-state index in [2.05, 4.69) is 28.7 Å². The Balaban J connectivity index is 2.53. The fourth-order valence-corrected chi connectivity index (χ4v) is 2.37. The largest absolute Gasteiger partial charge is 0.192 e. The summed E-state index contributed by atoms with van der Waals surface area (Å²) < 4.78 is 0.983. The molecule has 0 atom stereocenters. The Kier molecular flexibility index (Phi) is 3.94. The molecule has 0 aromatic heterocycles. The minimum absolute atomic E-state index is 0.720. The lowest BCUT2D eigenvalue weighted by Crippen LogP contribution is -1.85. The maximum Gasteiger partial charge on any atom is 0.101 e. The van der Waals surface area contributed by atoms with Gasteiger partial charge >= 0.3 is 0 Å². The van der Waals surface area contributed by atoms with Gasteiger partial charge in [0.15, 0.2) is 0 Å². The summed E-state index contributed by atoms with van der Waals surface area (Å²) in [6, 6.07) is 22.0. The highest BCUT2D eigenvalue weighted by Gasteiger charge is 2.07. The van der Waals surface area contributed by atoms with Crippen molar-refractivity contribution in [2.75, 3.05) is 0 Å². The fourth-order valence-electron chi connectivity index (χ4n) is 1.57. The third kappa shape index (κ3) is 2.75. The van der Waals surface area contributed by atoms with Crippen LogP contribution in [0.5, 0.6) is 0 Å². The van der Waals surface area contributed by atoms with Gasteiger partial charge in [-0.3, -0.25) is 0 Å². The molecular weight excluding hydrogens is 321 g/mol. The number of hydrogen-bond donors (Lipinski definition) is 0. The number of allylic oxidation sites excluding steroid dienone is 1. The van der Waals surface area contributed by atoms with Gasteiger partial charge in [0, 0.05) is 3.58 Å². The van der Waals surface area contributed by atoms with Gasteiger partial charge in [0.2, 0.25) is 0 Å². The summed E-state index contributed by atoms with van der Waals surface area (Å²) in [6.07, 6.45) is 0. The molecule has 0 saturated heterocycles. The second-order valence-corrected chi connectivity index (χ2v) is 4.61. The molecule has 0 aliphatic heterocycles. The number of benzene rings is 2. The van der Waals surface area contributed by atoms with E-state index in [0.29, 0.717) is 0 Å². The van der Waals surface area contributed by atoms with Crippen LogP contribution in [-0.4, -0.2) is 0 Å². The Hall–Kier alpha value is -1.60. The third-order valence-electron chi connectivity index (χ3n) is 2.42. The minimum atomic E-state index is 0.720. The Morgan fingerprint density at radius 3 is 1.76 bits per heavy atom. The Bertz CT molecular complexity index is 565. The maximum absolute atomic E-state index is 9.30. The van der Waals surface area contributed by atoms with Crippen molar-refractivity contribution < 1.29 is 0 Å². The van der Waals surface area contributed by atoms with Crippen LogP contribution in [0, 0.1) is 11.3 Å². The van der Waals surface area contributed by atoms with E-state index in [4.69, 9.17) is 0 Å². The van der Waals surface area contributed by atoms with Crippen molar-refractivity contribution in [2.24, 2.45) is 0 Å². The molecule has 0 N–H and O–H groups in total. The zero-order valence-electron chi connectivity index (χ0n) is 9.10. The second kappa shape index (κ2) is 5.65. The van der Waals surface area contributed by atoms with Gasteiger partial charge < -0.3 is 0 Å². The monoisotopic (exact) mass is 331 g/mol. The summed E-state index contributed by atoms with van der Waals surface area (Å²) in [5, 5.41) is 9.30. The van der Waals surface area contributed by atoms with E-state index in [1.54, 1.807) is 0 Å². The highest BCUT2D eigenvalue weighted by molar-refractivity contribution is 14.1. The molecule has 0 radical (unpaired) electrons. The van der Waals surface area contributed by atoms with Gasteiger partial charge in [-0.05, 0) is 33.7 Å². The molecule has 0 heterocycles. The van der Waals surface area contributed by atoms with Crippen LogP contribution in [0.15, 0.2) is 60.7 Å². The van der Waals surface area contributed by atoms with Gasteiger partial charge in [0.1, 0.15) is 6.07 Å². The summed E-state index contributed by atoms with van der Waals surface area (Å²) >= 11 is 2.23. The number of hydrogen-bond acceptors (Lipinski definition) is 1. The van der Waals surface area contributed by atoms with Crippen LogP contribution in [0.4, 0.5) is 0 Å². The molecule has 2 rings (SSSR count). The molecule has 2 aromatic rings.